The van der Waals surface area contributed by atoms with Crippen LogP contribution in [0.15, 0.2) is 55.2 Å². The highest BCUT2D eigenvalue weighted by Gasteiger charge is 2.38. The number of rotatable bonds is 5. The minimum absolute atomic E-state index is 0.218. The highest BCUT2D eigenvalue weighted by Crippen LogP contribution is 2.39. The molecule has 0 bridgehead atoms. The maximum atomic E-state index is 13.2. The van der Waals surface area contributed by atoms with E-state index in [0.717, 1.165) is 11.6 Å². The van der Waals surface area contributed by atoms with Crippen molar-refractivity contribution in [2.45, 2.75) is 25.2 Å². The Hall–Kier alpha value is -3.27. The van der Waals surface area contributed by atoms with Gasteiger partial charge in [0.05, 0.1) is 17.7 Å². The van der Waals surface area contributed by atoms with Crippen LogP contribution in [0.2, 0.25) is 0 Å². The van der Waals surface area contributed by atoms with E-state index in [0.29, 0.717) is 30.9 Å². The number of nitrogens with zero attached hydrogens (tertiary/aromatic N) is 5. The van der Waals surface area contributed by atoms with Crippen molar-refractivity contribution in [3.05, 3.63) is 71.9 Å². The molecule has 1 aliphatic heterocycles. The highest BCUT2D eigenvalue weighted by atomic mass is 19.4. The van der Waals surface area contributed by atoms with Crippen LogP contribution in [0.5, 0.6) is 0 Å². The van der Waals surface area contributed by atoms with Gasteiger partial charge in [0.15, 0.2) is 0 Å². The summed E-state index contributed by atoms with van der Waals surface area (Å²) in [6, 6.07) is 6.58. The minimum Gasteiger partial charge on any atom is -0.310 e. The zero-order chi connectivity index (χ0) is 22.0. The summed E-state index contributed by atoms with van der Waals surface area (Å²) in [7, 11) is 1.80. The Morgan fingerprint density at radius 2 is 2.13 bits per heavy atom. The number of hydrogen-bond acceptors (Lipinski definition) is 5. The average Bonchev–Trinajstić information content (AvgIpc) is 3.35. The summed E-state index contributed by atoms with van der Waals surface area (Å²) in [5, 5.41) is 6.93. The van der Waals surface area contributed by atoms with Crippen molar-refractivity contribution < 1.29 is 18.0 Å². The third-order valence-electron chi connectivity index (χ3n) is 5.35. The second-order valence-electron chi connectivity index (χ2n) is 7.61. The van der Waals surface area contributed by atoms with Crippen molar-refractivity contribution in [1.82, 2.24) is 24.6 Å². The van der Waals surface area contributed by atoms with E-state index >= 15 is 0 Å². The van der Waals surface area contributed by atoms with Gasteiger partial charge in [-0.3, -0.25) is 14.4 Å². The van der Waals surface area contributed by atoms with Gasteiger partial charge in [0.1, 0.15) is 12.1 Å². The molecule has 2 atom stereocenters. The fraction of sp³-hybridized carbons (Fsp3) is 0.333. The van der Waals surface area contributed by atoms with Crippen molar-refractivity contribution in [1.29, 1.82) is 0 Å². The monoisotopic (exact) mass is 430 g/mol. The summed E-state index contributed by atoms with van der Waals surface area (Å²) in [6.07, 6.45) is 2.42. The van der Waals surface area contributed by atoms with Gasteiger partial charge in [0, 0.05) is 44.1 Å². The first-order valence-corrected chi connectivity index (χ1v) is 9.75. The largest absolute Gasteiger partial charge is 0.416 e. The van der Waals surface area contributed by atoms with E-state index in [4.69, 9.17) is 0 Å². The van der Waals surface area contributed by atoms with Crippen LogP contribution in [0.4, 0.5) is 19.0 Å². The van der Waals surface area contributed by atoms with E-state index in [1.807, 2.05) is 11.1 Å². The lowest BCUT2D eigenvalue weighted by atomic mass is 9.97. The fourth-order valence-electron chi connectivity index (χ4n) is 3.92. The molecular formula is C21H21F3N6O. The van der Waals surface area contributed by atoms with Crippen molar-refractivity contribution in [2.75, 3.05) is 11.9 Å². The first kappa shape index (κ1) is 21.0. The van der Waals surface area contributed by atoms with Gasteiger partial charge in [-0.2, -0.15) is 18.3 Å². The number of aryl methyl sites for hydroxylation is 1. The minimum atomic E-state index is -4.42. The van der Waals surface area contributed by atoms with E-state index < -0.39 is 17.7 Å². The van der Waals surface area contributed by atoms with Gasteiger partial charge >= 0.3 is 6.18 Å². The quantitative estimate of drug-likeness (QED) is 0.671. The van der Waals surface area contributed by atoms with Gasteiger partial charge in [-0.05, 0) is 30.2 Å². The van der Waals surface area contributed by atoms with Gasteiger partial charge < -0.3 is 5.32 Å². The number of amides is 1. The summed E-state index contributed by atoms with van der Waals surface area (Å²) in [6.45, 7) is 0.888. The fourth-order valence-corrected chi connectivity index (χ4v) is 3.92. The number of hydrogen-bond donors (Lipinski definition) is 1. The normalized spacial score (nSPS) is 19.5. The lowest BCUT2D eigenvalue weighted by Gasteiger charge is -2.24. The molecule has 0 aliphatic carbocycles. The Morgan fingerprint density at radius 3 is 2.81 bits per heavy atom. The first-order valence-electron chi connectivity index (χ1n) is 9.75. The Bertz CT molecular complexity index is 1050. The van der Waals surface area contributed by atoms with E-state index in [9.17, 15) is 18.0 Å². The molecule has 2 aromatic heterocycles. The standard InChI is InChI=1S/C21H21F3N6O/c1-29-10-14(9-27-29)11-30-12-16(20(31)28-19-5-6-25-13-26-19)8-18(30)15-3-2-4-17(7-15)21(22,23)24/h2-7,9-10,13,16,18H,8,11-12H2,1H3,(H,25,26,28,31)/t16-,18+/m1/s1. The molecule has 1 fully saturated rings. The Labute approximate surface area is 176 Å². The van der Waals surface area contributed by atoms with E-state index in [-0.39, 0.29) is 11.9 Å². The number of benzene rings is 1. The Balaban J connectivity index is 1.58. The molecule has 1 aromatic carbocycles. The summed E-state index contributed by atoms with van der Waals surface area (Å²) < 4.78 is 41.4. The number of aromatic nitrogens is 4. The molecule has 1 saturated heterocycles. The number of carbonyl (C=O) groups excluding carboxylic acids is 1. The number of likely N-dealkylation sites (tertiary alicyclic amines) is 1. The predicted molar refractivity (Wildman–Crippen MR) is 107 cm³/mol. The van der Waals surface area contributed by atoms with Crippen molar-refractivity contribution in [3.8, 4) is 0 Å². The van der Waals surface area contributed by atoms with Crippen LogP contribution < -0.4 is 5.32 Å². The summed E-state index contributed by atoms with van der Waals surface area (Å²) in [5.74, 6) is -0.225. The maximum Gasteiger partial charge on any atom is 0.416 e. The number of carbonyl (C=O) groups is 1. The lowest BCUT2D eigenvalue weighted by Crippen LogP contribution is -2.27. The molecule has 10 heteroatoms. The van der Waals surface area contributed by atoms with Crippen molar-refractivity contribution in [3.63, 3.8) is 0 Å². The van der Waals surface area contributed by atoms with Crippen LogP contribution in [-0.4, -0.2) is 37.1 Å². The molecule has 1 amide bonds. The molecule has 7 nitrogen and oxygen atoms in total. The highest BCUT2D eigenvalue weighted by molar-refractivity contribution is 5.92. The summed E-state index contributed by atoms with van der Waals surface area (Å²) in [5.41, 5.74) is 0.771. The number of halogens is 3. The van der Waals surface area contributed by atoms with Crippen molar-refractivity contribution in [2.24, 2.45) is 13.0 Å². The predicted octanol–water partition coefficient (Wildman–Crippen LogP) is 3.43. The molecule has 0 saturated carbocycles. The van der Waals surface area contributed by atoms with Crippen LogP contribution in [-0.2, 0) is 24.6 Å². The first-order chi connectivity index (χ1) is 14.8. The van der Waals surface area contributed by atoms with Gasteiger partial charge in [-0.15, -0.1) is 0 Å². The number of nitrogens with one attached hydrogen (secondary N) is 1. The summed E-state index contributed by atoms with van der Waals surface area (Å²) in [4.78, 5) is 22.7. The molecule has 0 spiro atoms. The zero-order valence-corrected chi connectivity index (χ0v) is 16.8. The molecule has 0 radical (unpaired) electrons. The van der Waals surface area contributed by atoms with Gasteiger partial charge in [-0.25, -0.2) is 9.97 Å². The number of alkyl halides is 3. The molecule has 3 aromatic rings. The Kier molecular flexibility index (Phi) is 5.73. The average molecular weight is 430 g/mol. The maximum absolute atomic E-state index is 13.2. The lowest BCUT2D eigenvalue weighted by molar-refractivity contribution is -0.137. The molecule has 1 aliphatic rings. The third-order valence-corrected chi connectivity index (χ3v) is 5.35. The molecule has 0 unspecified atom stereocenters. The molecule has 4 rings (SSSR count). The topological polar surface area (TPSA) is 75.9 Å². The van der Waals surface area contributed by atoms with Crippen LogP contribution in [0.1, 0.15) is 29.2 Å². The van der Waals surface area contributed by atoms with E-state index in [2.05, 4.69) is 20.4 Å². The van der Waals surface area contributed by atoms with Crippen LogP contribution in [0, 0.1) is 5.92 Å². The van der Waals surface area contributed by atoms with E-state index in [1.165, 1.54) is 24.7 Å². The summed E-state index contributed by atoms with van der Waals surface area (Å²) >= 11 is 0. The van der Waals surface area contributed by atoms with Crippen LogP contribution in [0.25, 0.3) is 0 Å². The molecular weight excluding hydrogens is 409 g/mol. The zero-order valence-electron chi connectivity index (χ0n) is 16.8. The molecule has 162 valence electrons. The Morgan fingerprint density at radius 1 is 1.29 bits per heavy atom. The second-order valence-corrected chi connectivity index (χ2v) is 7.61. The molecule has 1 N–H and O–H groups in total. The SMILES string of the molecule is Cn1cc(CN2C[C@H](C(=O)Nc3ccncn3)C[C@H]2c2cccc(C(F)(F)F)c2)cn1. The van der Waals surface area contributed by atoms with Crippen molar-refractivity contribution >= 4 is 11.7 Å². The van der Waals surface area contributed by atoms with Gasteiger partial charge in [0.25, 0.3) is 0 Å². The van der Waals surface area contributed by atoms with E-state index in [1.54, 1.807) is 30.1 Å². The second kappa shape index (κ2) is 8.46. The number of anilines is 1. The molecule has 31 heavy (non-hydrogen) atoms. The van der Waals surface area contributed by atoms with Gasteiger partial charge in [-0.1, -0.05) is 12.1 Å². The van der Waals surface area contributed by atoms with Crippen LogP contribution in [0.3, 0.4) is 0 Å². The smallest absolute Gasteiger partial charge is 0.310 e. The third kappa shape index (κ3) is 4.91. The van der Waals surface area contributed by atoms with Crippen LogP contribution >= 0.6 is 0 Å². The molecule has 3 heterocycles. The van der Waals surface area contributed by atoms with Gasteiger partial charge in [0.2, 0.25) is 5.91 Å².